The summed E-state index contributed by atoms with van der Waals surface area (Å²) in [7, 11) is 1.58. The van der Waals surface area contributed by atoms with Crippen LogP contribution in [0.5, 0.6) is 11.6 Å². The maximum Gasteiger partial charge on any atom is 0.221 e. The van der Waals surface area contributed by atoms with Gasteiger partial charge in [-0.05, 0) is 34.5 Å². The molecule has 2 heterocycles. The molecule has 0 bridgehead atoms. The molecule has 3 rings (SSSR count). The van der Waals surface area contributed by atoms with Gasteiger partial charge in [0, 0.05) is 22.5 Å². The lowest BCUT2D eigenvalue weighted by molar-refractivity contribution is 0.403. The lowest BCUT2D eigenvalue weighted by Gasteiger charge is -2.09. The van der Waals surface area contributed by atoms with Crippen molar-refractivity contribution in [3.05, 3.63) is 41.2 Å². The Kier molecular flexibility index (Phi) is 2.64. The van der Waals surface area contributed by atoms with E-state index in [1.165, 1.54) is 0 Å². The van der Waals surface area contributed by atoms with Gasteiger partial charge in [-0.2, -0.15) is 11.3 Å². The number of nitrogens with zero attached hydrogens (tertiary/aromatic N) is 1. The van der Waals surface area contributed by atoms with Crippen LogP contribution in [0.4, 0.5) is 0 Å². The van der Waals surface area contributed by atoms with E-state index in [4.69, 9.17) is 4.74 Å². The number of aromatic nitrogens is 1. The third-order valence-corrected chi connectivity index (χ3v) is 3.56. The number of phenolic OH excluding ortho intramolecular Hbond substituents is 1. The lowest BCUT2D eigenvalue weighted by Crippen LogP contribution is -1.91. The molecule has 0 spiro atoms. The average Bonchev–Trinajstić information content (AvgIpc) is 2.91. The molecule has 0 aliphatic carbocycles. The van der Waals surface area contributed by atoms with Crippen LogP contribution in [0.2, 0.25) is 0 Å². The maximum absolute atomic E-state index is 10.1. The number of pyridine rings is 1. The maximum atomic E-state index is 10.1. The number of benzene rings is 1. The number of methoxy groups -OCH3 is 1. The quantitative estimate of drug-likeness (QED) is 0.761. The Morgan fingerprint density at radius 1 is 1.28 bits per heavy atom. The topological polar surface area (TPSA) is 42.4 Å². The molecule has 0 radical (unpaired) electrons. The van der Waals surface area contributed by atoms with Crippen molar-refractivity contribution in [1.29, 1.82) is 0 Å². The van der Waals surface area contributed by atoms with Gasteiger partial charge in [0.15, 0.2) is 0 Å². The predicted octanol–water partition coefficient (Wildman–Crippen LogP) is 3.68. The van der Waals surface area contributed by atoms with E-state index in [1.54, 1.807) is 36.8 Å². The molecule has 90 valence electrons. The molecule has 1 aromatic carbocycles. The fraction of sp³-hybridized carbons (Fsp3) is 0.0714. The van der Waals surface area contributed by atoms with Crippen LogP contribution in [-0.2, 0) is 0 Å². The van der Waals surface area contributed by atoms with Gasteiger partial charge in [0.05, 0.1) is 7.11 Å². The molecular formula is C14H11NO2S. The van der Waals surface area contributed by atoms with Gasteiger partial charge in [-0.25, -0.2) is 4.98 Å². The Bertz CT molecular complexity index is 692. The van der Waals surface area contributed by atoms with Gasteiger partial charge in [0.25, 0.3) is 0 Å². The molecule has 0 saturated heterocycles. The molecule has 4 heteroatoms. The van der Waals surface area contributed by atoms with Crippen LogP contribution >= 0.6 is 11.3 Å². The summed E-state index contributed by atoms with van der Waals surface area (Å²) >= 11 is 1.62. The number of phenols is 1. The van der Waals surface area contributed by atoms with Crippen molar-refractivity contribution >= 4 is 22.1 Å². The summed E-state index contributed by atoms with van der Waals surface area (Å²) in [5.74, 6) is 0.772. The molecule has 0 aliphatic heterocycles. The molecule has 3 aromatic rings. The molecule has 2 aromatic heterocycles. The van der Waals surface area contributed by atoms with Gasteiger partial charge in [-0.1, -0.05) is 6.07 Å². The van der Waals surface area contributed by atoms with Crippen molar-refractivity contribution in [2.24, 2.45) is 0 Å². The third kappa shape index (κ3) is 1.62. The standard InChI is InChI=1S/C14H11NO2S/c1-17-14-10-3-2-4-12(16)13(10)11(7-15-14)9-5-6-18-8-9/h2-8,16H,1H3. The fourth-order valence-corrected chi connectivity index (χ4v) is 2.71. The van der Waals surface area contributed by atoms with Gasteiger partial charge < -0.3 is 9.84 Å². The molecule has 0 aliphatic rings. The molecule has 1 N–H and O–H groups in total. The Morgan fingerprint density at radius 3 is 2.89 bits per heavy atom. The molecular weight excluding hydrogens is 246 g/mol. The summed E-state index contributed by atoms with van der Waals surface area (Å²) < 4.78 is 5.24. The average molecular weight is 257 g/mol. The van der Waals surface area contributed by atoms with E-state index in [9.17, 15) is 5.11 Å². The van der Waals surface area contributed by atoms with Crippen LogP contribution in [0.3, 0.4) is 0 Å². The number of ether oxygens (including phenoxy) is 1. The summed E-state index contributed by atoms with van der Waals surface area (Å²) in [5, 5.41) is 15.7. The monoisotopic (exact) mass is 257 g/mol. The van der Waals surface area contributed by atoms with E-state index < -0.39 is 0 Å². The Labute approximate surface area is 108 Å². The molecule has 0 saturated carbocycles. The second kappa shape index (κ2) is 4.31. The van der Waals surface area contributed by atoms with Crippen molar-refractivity contribution in [2.75, 3.05) is 7.11 Å². The zero-order chi connectivity index (χ0) is 12.5. The zero-order valence-electron chi connectivity index (χ0n) is 9.75. The first-order valence-corrected chi connectivity index (χ1v) is 6.43. The van der Waals surface area contributed by atoms with E-state index >= 15 is 0 Å². The Balaban J connectivity index is 2.41. The summed E-state index contributed by atoms with van der Waals surface area (Å²) in [6.07, 6.45) is 1.74. The van der Waals surface area contributed by atoms with Crippen molar-refractivity contribution in [3.63, 3.8) is 0 Å². The molecule has 0 amide bonds. The van der Waals surface area contributed by atoms with Crippen LogP contribution in [0.1, 0.15) is 0 Å². The fourth-order valence-electron chi connectivity index (χ4n) is 2.06. The third-order valence-electron chi connectivity index (χ3n) is 2.88. The Hall–Kier alpha value is -2.07. The normalized spacial score (nSPS) is 10.7. The van der Waals surface area contributed by atoms with Gasteiger partial charge in [-0.15, -0.1) is 0 Å². The number of hydrogen-bond donors (Lipinski definition) is 1. The highest BCUT2D eigenvalue weighted by molar-refractivity contribution is 7.08. The molecule has 18 heavy (non-hydrogen) atoms. The van der Waals surface area contributed by atoms with E-state index in [0.717, 1.165) is 21.9 Å². The highest BCUT2D eigenvalue weighted by Crippen LogP contribution is 2.38. The SMILES string of the molecule is COc1ncc(-c2ccsc2)c2c(O)cccc12. The van der Waals surface area contributed by atoms with Crippen molar-refractivity contribution in [1.82, 2.24) is 4.98 Å². The van der Waals surface area contributed by atoms with E-state index in [2.05, 4.69) is 4.98 Å². The first-order chi connectivity index (χ1) is 8.81. The van der Waals surface area contributed by atoms with Crippen LogP contribution < -0.4 is 4.74 Å². The van der Waals surface area contributed by atoms with Crippen LogP contribution in [0.15, 0.2) is 41.2 Å². The second-order valence-corrected chi connectivity index (χ2v) is 4.67. The van der Waals surface area contributed by atoms with Crippen molar-refractivity contribution in [3.8, 4) is 22.8 Å². The molecule has 0 fully saturated rings. The summed E-state index contributed by atoms with van der Waals surface area (Å²) in [5.41, 5.74) is 1.98. The lowest BCUT2D eigenvalue weighted by atomic mass is 10.0. The zero-order valence-corrected chi connectivity index (χ0v) is 10.6. The highest BCUT2D eigenvalue weighted by atomic mass is 32.1. The predicted molar refractivity (Wildman–Crippen MR) is 73.3 cm³/mol. The minimum atomic E-state index is 0.245. The summed E-state index contributed by atoms with van der Waals surface area (Å²) in [6, 6.07) is 7.38. The Morgan fingerprint density at radius 2 is 2.17 bits per heavy atom. The summed E-state index contributed by atoms with van der Waals surface area (Å²) in [6.45, 7) is 0. The number of hydrogen-bond acceptors (Lipinski definition) is 4. The smallest absolute Gasteiger partial charge is 0.221 e. The van der Waals surface area contributed by atoms with Gasteiger partial charge in [-0.3, -0.25) is 0 Å². The molecule has 0 unspecified atom stereocenters. The van der Waals surface area contributed by atoms with Gasteiger partial charge in [0.2, 0.25) is 5.88 Å². The van der Waals surface area contributed by atoms with Gasteiger partial charge >= 0.3 is 0 Å². The first kappa shape index (κ1) is 11.0. The van der Waals surface area contributed by atoms with Gasteiger partial charge in [0.1, 0.15) is 5.75 Å². The largest absolute Gasteiger partial charge is 0.507 e. The van der Waals surface area contributed by atoms with Crippen LogP contribution in [0.25, 0.3) is 21.9 Å². The molecule has 3 nitrogen and oxygen atoms in total. The van der Waals surface area contributed by atoms with Crippen molar-refractivity contribution in [2.45, 2.75) is 0 Å². The first-order valence-electron chi connectivity index (χ1n) is 5.48. The van der Waals surface area contributed by atoms with E-state index in [-0.39, 0.29) is 5.75 Å². The number of thiophene rings is 1. The minimum Gasteiger partial charge on any atom is -0.507 e. The summed E-state index contributed by atoms with van der Waals surface area (Å²) in [4.78, 5) is 4.29. The minimum absolute atomic E-state index is 0.245. The van der Waals surface area contributed by atoms with E-state index in [0.29, 0.717) is 5.88 Å². The van der Waals surface area contributed by atoms with E-state index in [1.807, 2.05) is 22.9 Å². The number of rotatable bonds is 2. The number of aromatic hydroxyl groups is 1. The van der Waals surface area contributed by atoms with Crippen LogP contribution in [0, 0.1) is 0 Å². The highest BCUT2D eigenvalue weighted by Gasteiger charge is 2.12. The second-order valence-electron chi connectivity index (χ2n) is 3.89. The molecule has 0 atom stereocenters. The van der Waals surface area contributed by atoms with Crippen molar-refractivity contribution < 1.29 is 9.84 Å². The van der Waals surface area contributed by atoms with Crippen LogP contribution in [-0.4, -0.2) is 17.2 Å². The number of fused-ring (bicyclic) bond motifs is 1.